The Morgan fingerprint density at radius 3 is 1.98 bits per heavy atom. The molecule has 0 bridgehead atoms. The Kier molecular flexibility index (Phi) is 6.52. The van der Waals surface area contributed by atoms with Crippen molar-refractivity contribution in [3.05, 3.63) is 151 Å². The van der Waals surface area contributed by atoms with E-state index in [4.69, 9.17) is 8.83 Å². The molecule has 0 radical (unpaired) electrons. The van der Waals surface area contributed by atoms with Crippen LogP contribution in [0.3, 0.4) is 0 Å². The average Bonchev–Trinajstić information content (AvgIpc) is 4.02. The van der Waals surface area contributed by atoms with E-state index < -0.39 is 0 Å². The molecule has 0 saturated carbocycles. The highest BCUT2D eigenvalue weighted by Crippen LogP contribution is 2.53. The first-order valence-corrected chi connectivity index (χ1v) is 22.6. The fraction of sp³-hybridized carbons (Fsp3) is 0.143. The summed E-state index contributed by atoms with van der Waals surface area (Å²) in [7, 11) is 0. The van der Waals surface area contributed by atoms with E-state index in [1.165, 1.54) is 91.9 Å². The van der Waals surface area contributed by atoms with Crippen molar-refractivity contribution in [2.45, 2.75) is 52.4 Å². The van der Waals surface area contributed by atoms with Gasteiger partial charge in [0.05, 0.1) is 11.0 Å². The molecule has 12 aromatic rings. The highest BCUT2D eigenvalue weighted by Gasteiger charge is 2.47. The Hall–Kier alpha value is -6.76. The number of hydrogen-bond donors (Lipinski definition) is 0. The minimum atomic E-state index is -0.198. The van der Waals surface area contributed by atoms with Crippen molar-refractivity contribution in [2.75, 3.05) is 4.81 Å². The van der Waals surface area contributed by atoms with E-state index in [9.17, 15) is 0 Å². The molecule has 14 rings (SSSR count). The van der Waals surface area contributed by atoms with Gasteiger partial charge in [-0.15, -0.1) is 11.3 Å². The van der Waals surface area contributed by atoms with Gasteiger partial charge in [0.1, 0.15) is 22.3 Å². The Bertz CT molecular complexity index is 3960. The third-order valence-corrected chi connectivity index (χ3v) is 15.2. The molecule has 0 atom stereocenters. The van der Waals surface area contributed by atoms with Crippen LogP contribution in [0.25, 0.3) is 103 Å². The van der Waals surface area contributed by atoms with Crippen molar-refractivity contribution in [1.82, 2.24) is 4.57 Å². The lowest BCUT2D eigenvalue weighted by Gasteiger charge is -2.42. The first-order valence-electron chi connectivity index (χ1n) is 21.8. The molecular weight excluding hydrogens is 776 g/mol. The lowest BCUT2D eigenvalue weighted by Crippen LogP contribution is -2.60. The summed E-state index contributed by atoms with van der Waals surface area (Å²) < 4.78 is 19.2. The Balaban J connectivity index is 1.24. The summed E-state index contributed by atoms with van der Waals surface area (Å²) in [6, 6.07) is 52.2. The molecule has 0 N–H and O–H groups in total. The summed E-state index contributed by atoms with van der Waals surface area (Å²) in [4.78, 5) is 2.64. The van der Waals surface area contributed by atoms with E-state index >= 15 is 0 Å². The van der Waals surface area contributed by atoms with Crippen molar-refractivity contribution in [1.29, 1.82) is 0 Å². The molecule has 6 heterocycles. The van der Waals surface area contributed by atoms with Gasteiger partial charge >= 0.3 is 6.85 Å². The number of hydrogen-bond acceptors (Lipinski definition) is 4. The zero-order valence-corrected chi connectivity index (χ0v) is 36.3. The van der Waals surface area contributed by atoms with Gasteiger partial charge in [-0.3, -0.25) is 0 Å². The number of furan rings is 2. The second-order valence-corrected chi connectivity index (χ2v) is 20.8. The van der Waals surface area contributed by atoms with Crippen LogP contribution in [0.1, 0.15) is 52.7 Å². The number of anilines is 2. The largest absolute Gasteiger partial charge is 0.456 e. The van der Waals surface area contributed by atoms with E-state index in [1.807, 2.05) is 11.3 Å². The Morgan fingerprint density at radius 1 is 0.516 bits per heavy atom. The first kappa shape index (κ1) is 34.9. The standard InChI is InChI=1S/C56H41BN2O2S/c1-55(2,3)30-19-22-32(23-20-30)59-42-29-48-37(34-14-9-12-18-47(34)62-48)26-39(42)51-52-53-49(50-35-15-8-11-17-45(35)61-54(50)51)38-25-31(56(4,5)6)21-24-41(38)58(53)43-27-36-33-13-7-10-16-44(33)60-46(36)28-40(43)57(52)59/h7-29H,1-6H3. The van der Waals surface area contributed by atoms with E-state index in [-0.39, 0.29) is 17.7 Å². The van der Waals surface area contributed by atoms with Gasteiger partial charge in [0.15, 0.2) is 0 Å². The minimum absolute atomic E-state index is 0.0183. The smallest absolute Gasteiger partial charge is 0.333 e. The van der Waals surface area contributed by atoms with Gasteiger partial charge in [0.2, 0.25) is 0 Å². The molecule has 62 heavy (non-hydrogen) atoms. The minimum Gasteiger partial charge on any atom is -0.456 e. The van der Waals surface area contributed by atoms with Crippen molar-refractivity contribution < 1.29 is 8.83 Å². The van der Waals surface area contributed by atoms with Crippen LogP contribution in [0.4, 0.5) is 11.4 Å². The highest BCUT2D eigenvalue weighted by molar-refractivity contribution is 7.25. The molecule has 8 aromatic carbocycles. The van der Waals surface area contributed by atoms with Gasteiger partial charge in [0, 0.05) is 80.7 Å². The maximum absolute atomic E-state index is 7.27. The average molecular weight is 817 g/mol. The number of para-hydroxylation sites is 2. The summed E-state index contributed by atoms with van der Waals surface area (Å²) in [5.41, 5.74) is 17.1. The third-order valence-electron chi connectivity index (χ3n) is 14.1. The Morgan fingerprint density at radius 2 is 1.21 bits per heavy atom. The van der Waals surface area contributed by atoms with Gasteiger partial charge < -0.3 is 18.2 Å². The van der Waals surface area contributed by atoms with Gasteiger partial charge in [0.25, 0.3) is 0 Å². The normalized spacial score (nSPS) is 13.9. The fourth-order valence-electron chi connectivity index (χ4n) is 11.1. The van der Waals surface area contributed by atoms with Gasteiger partial charge in [-0.05, 0) is 99.6 Å². The third kappa shape index (κ3) is 4.42. The van der Waals surface area contributed by atoms with Gasteiger partial charge in [-0.2, -0.15) is 0 Å². The number of nitrogens with zero attached hydrogens (tertiary/aromatic N) is 2. The summed E-state index contributed by atoms with van der Waals surface area (Å²) in [6.45, 7) is 13.6. The number of thiophene rings is 1. The van der Waals surface area contributed by atoms with Crippen LogP contribution in [0.2, 0.25) is 0 Å². The summed E-state index contributed by atoms with van der Waals surface area (Å²) in [5.74, 6) is 0. The second-order valence-electron chi connectivity index (χ2n) is 19.7. The lowest BCUT2D eigenvalue weighted by molar-refractivity contribution is 0.590. The number of aromatic nitrogens is 1. The molecule has 0 spiro atoms. The van der Waals surface area contributed by atoms with E-state index in [2.05, 4.69) is 190 Å². The first-order chi connectivity index (χ1) is 30.0. The van der Waals surface area contributed by atoms with Gasteiger partial charge in [-0.1, -0.05) is 114 Å². The van der Waals surface area contributed by atoms with Crippen LogP contribution < -0.4 is 15.7 Å². The van der Waals surface area contributed by atoms with E-state index in [0.717, 1.165) is 44.2 Å². The van der Waals surface area contributed by atoms with Crippen molar-refractivity contribution in [2.24, 2.45) is 0 Å². The van der Waals surface area contributed by atoms with Crippen molar-refractivity contribution in [3.8, 4) is 16.8 Å². The molecule has 2 aliphatic rings. The molecule has 0 fully saturated rings. The monoisotopic (exact) mass is 816 g/mol. The van der Waals surface area contributed by atoms with E-state index in [0.29, 0.717) is 0 Å². The number of rotatable bonds is 1. The number of benzene rings is 8. The molecule has 4 aromatic heterocycles. The lowest BCUT2D eigenvalue weighted by atomic mass is 9.43. The highest BCUT2D eigenvalue weighted by atomic mass is 32.1. The number of fused-ring (bicyclic) bond motifs is 19. The molecule has 296 valence electrons. The van der Waals surface area contributed by atoms with Crippen LogP contribution in [0.15, 0.2) is 148 Å². The SMILES string of the molecule is CC(C)(C)c1ccc(N2B3c4cc5oc6ccccc6c5cc4-n4c5ccc(C(C)(C)C)cc5c5c6c(oc7ccccc76)c(c3c54)-c3cc4c(cc32)sc2ccccc24)cc1. The molecule has 2 aliphatic heterocycles. The van der Waals surface area contributed by atoms with Crippen LogP contribution in [0.5, 0.6) is 0 Å². The zero-order valence-electron chi connectivity index (χ0n) is 35.5. The maximum Gasteiger partial charge on any atom is 0.333 e. The maximum atomic E-state index is 7.27. The molecule has 4 nitrogen and oxygen atoms in total. The topological polar surface area (TPSA) is 34.5 Å². The van der Waals surface area contributed by atoms with Crippen LogP contribution in [0, 0.1) is 0 Å². The molecule has 0 aliphatic carbocycles. The van der Waals surface area contributed by atoms with Crippen molar-refractivity contribution >= 4 is 126 Å². The zero-order chi connectivity index (χ0) is 41.6. The molecular formula is C56H41BN2O2S. The molecule has 0 amide bonds. The molecule has 0 saturated heterocycles. The summed E-state index contributed by atoms with van der Waals surface area (Å²) >= 11 is 1.88. The van der Waals surface area contributed by atoms with Crippen LogP contribution in [-0.2, 0) is 10.8 Å². The second kappa shape index (κ2) is 11.6. The van der Waals surface area contributed by atoms with Gasteiger partial charge in [-0.25, -0.2) is 0 Å². The van der Waals surface area contributed by atoms with Crippen LogP contribution >= 0.6 is 11.3 Å². The fourth-order valence-corrected chi connectivity index (χ4v) is 12.2. The predicted octanol–water partition coefficient (Wildman–Crippen LogP) is 14.8. The molecule has 0 unspecified atom stereocenters. The summed E-state index contributed by atoms with van der Waals surface area (Å²) in [5, 5.41) is 9.66. The Labute approximate surface area is 362 Å². The van der Waals surface area contributed by atoms with E-state index in [1.54, 1.807) is 0 Å². The molecule has 6 heteroatoms. The summed E-state index contributed by atoms with van der Waals surface area (Å²) in [6.07, 6.45) is 0. The predicted molar refractivity (Wildman–Crippen MR) is 265 cm³/mol. The van der Waals surface area contributed by atoms with Crippen LogP contribution in [-0.4, -0.2) is 11.4 Å². The quantitative estimate of drug-likeness (QED) is 0.155. The van der Waals surface area contributed by atoms with Crippen molar-refractivity contribution in [3.63, 3.8) is 0 Å².